The number of rotatable bonds is 5. The van der Waals surface area contributed by atoms with E-state index >= 15 is 0 Å². The lowest BCUT2D eigenvalue weighted by molar-refractivity contribution is 0.214. The van der Waals surface area contributed by atoms with Crippen molar-refractivity contribution >= 4 is 15.9 Å². The van der Waals surface area contributed by atoms with Crippen molar-refractivity contribution < 1.29 is 9.47 Å². The van der Waals surface area contributed by atoms with Crippen LogP contribution in [0.1, 0.15) is 11.7 Å². The van der Waals surface area contributed by atoms with Gasteiger partial charge in [0, 0.05) is 11.0 Å². The number of nitrogens with two attached hydrogens (primary N) is 1. The zero-order valence-corrected chi connectivity index (χ0v) is 12.3. The van der Waals surface area contributed by atoms with Crippen molar-refractivity contribution in [3.63, 3.8) is 0 Å². The van der Waals surface area contributed by atoms with E-state index in [4.69, 9.17) is 15.2 Å². The number of halogens is 1. The Bertz CT molecular complexity index is 528. The molecular weight excluding hydrogens is 306 g/mol. The Hall–Kier alpha value is -1.52. The third-order valence-corrected chi connectivity index (χ3v) is 3.27. The highest BCUT2D eigenvalue weighted by Crippen LogP contribution is 2.25. The second-order valence-electron chi connectivity index (χ2n) is 4.07. The van der Waals surface area contributed by atoms with Gasteiger partial charge in [-0.2, -0.15) is 0 Å². The van der Waals surface area contributed by atoms with Gasteiger partial charge < -0.3 is 15.2 Å². The molecule has 0 aliphatic rings. The summed E-state index contributed by atoms with van der Waals surface area (Å²) in [6.45, 7) is 0.419. The van der Waals surface area contributed by atoms with Crippen LogP contribution in [0.4, 0.5) is 0 Å². The van der Waals surface area contributed by atoms with Crippen molar-refractivity contribution in [3.8, 4) is 11.5 Å². The average Bonchev–Trinajstić information content (AvgIpc) is 2.45. The number of ether oxygens (including phenoxy) is 2. The van der Waals surface area contributed by atoms with Gasteiger partial charge in [0.2, 0.25) is 0 Å². The molecule has 0 fully saturated rings. The SMILES string of the molecule is COc1ccc(OC(CN)c2cccc(Br)c2)cc1. The van der Waals surface area contributed by atoms with Gasteiger partial charge in [-0.05, 0) is 42.0 Å². The minimum absolute atomic E-state index is 0.161. The third kappa shape index (κ3) is 3.72. The van der Waals surface area contributed by atoms with E-state index in [1.165, 1.54) is 0 Å². The molecule has 0 saturated heterocycles. The highest BCUT2D eigenvalue weighted by Gasteiger charge is 2.11. The quantitative estimate of drug-likeness (QED) is 0.916. The van der Waals surface area contributed by atoms with Crippen LogP contribution in [0.2, 0.25) is 0 Å². The van der Waals surface area contributed by atoms with E-state index in [9.17, 15) is 0 Å². The number of hydrogen-bond donors (Lipinski definition) is 1. The third-order valence-electron chi connectivity index (χ3n) is 2.77. The van der Waals surface area contributed by atoms with Crippen LogP contribution in [-0.2, 0) is 0 Å². The topological polar surface area (TPSA) is 44.5 Å². The Balaban J connectivity index is 2.14. The van der Waals surface area contributed by atoms with Gasteiger partial charge in [-0.15, -0.1) is 0 Å². The molecule has 0 saturated carbocycles. The van der Waals surface area contributed by atoms with Gasteiger partial charge in [-0.1, -0.05) is 28.1 Å². The molecular formula is C15H16BrNO2. The van der Waals surface area contributed by atoms with Crippen molar-refractivity contribution in [2.75, 3.05) is 13.7 Å². The summed E-state index contributed by atoms with van der Waals surface area (Å²) >= 11 is 3.45. The van der Waals surface area contributed by atoms with Crippen LogP contribution in [0, 0.1) is 0 Å². The van der Waals surface area contributed by atoms with Crippen LogP contribution in [0.3, 0.4) is 0 Å². The van der Waals surface area contributed by atoms with Crippen LogP contribution >= 0.6 is 15.9 Å². The van der Waals surface area contributed by atoms with E-state index in [0.717, 1.165) is 21.5 Å². The Morgan fingerprint density at radius 3 is 2.37 bits per heavy atom. The van der Waals surface area contributed by atoms with Crippen LogP contribution < -0.4 is 15.2 Å². The minimum atomic E-state index is -0.161. The fourth-order valence-corrected chi connectivity index (χ4v) is 2.19. The highest BCUT2D eigenvalue weighted by atomic mass is 79.9. The van der Waals surface area contributed by atoms with Crippen molar-refractivity contribution in [2.45, 2.75) is 6.10 Å². The Morgan fingerprint density at radius 1 is 1.11 bits per heavy atom. The first-order chi connectivity index (χ1) is 9.22. The molecule has 3 nitrogen and oxygen atoms in total. The number of methoxy groups -OCH3 is 1. The van der Waals surface area contributed by atoms with E-state index in [2.05, 4.69) is 15.9 Å². The molecule has 2 aromatic carbocycles. The monoisotopic (exact) mass is 321 g/mol. The molecule has 100 valence electrons. The first-order valence-corrected chi connectivity index (χ1v) is 6.78. The Morgan fingerprint density at radius 2 is 1.79 bits per heavy atom. The first-order valence-electron chi connectivity index (χ1n) is 5.99. The lowest BCUT2D eigenvalue weighted by atomic mass is 10.1. The summed E-state index contributed by atoms with van der Waals surface area (Å²) in [5.74, 6) is 1.58. The highest BCUT2D eigenvalue weighted by molar-refractivity contribution is 9.10. The summed E-state index contributed by atoms with van der Waals surface area (Å²) in [6, 6.07) is 15.4. The predicted molar refractivity (Wildman–Crippen MR) is 79.6 cm³/mol. The molecule has 0 amide bonds. The van der Waals surface area contributed by atoms with Crippen molar-refractivity contribution in [1.29, 1.82) is 0 Å². The molecule has 2 aromatic rings. The second kappa shape index (κ2) is 6.59. The van der Waals surface area contributed by atoms with E-state index in [-0.39, 0.29) is 6.10 Å². The molecule has 19 heavy (non-hydrogen) atoms. The van der Waals surface area contributed by atoms with Gasteiger partial charge in [0.1, 0.15) is 17.6 Å². The van der Waals surface area contributed by atoms with Gasteiger partial charge in [-0.3, -0.25) is 0 Å². The minimum Gasteiger partial charge on any atom is -0.497 e. The standard InChI is InChI=1S/C15H16BrNO2/c1-18-13-5-7-14(8-6-13)19-15(10-17)11-3-2-4-12(16)9-11/h2-9,15H,10,17H2,1H3. The maximum Gasteiger partial charge on any atom is 0.136 e. The molecule has 4 heteroatoms. The molecule has 0 spiro atoms. The van der Waals surface area contributed by atoms with E-state index in [1.54, 1.807) is 7.11 Å². The van der Waals surface area contributed by atoms with Crippen molar-refractivity contribution in [3.05, 3.63) is 58.6 Å². The van der Waals surface area contributed by atoms with Crippen molar-refractivity contribution in [1.82, 2.24) is 0 Å². The average molecular weight is 322 g/mol. The summed E-state index contributed by atoms with van der Waals surface area (Å²) in [6.07, 6.45) is -0.161. The lowest BCUT2D eigenvalue weighted by Gasteiger charge is -2.18. The zero-order chi connectivity index (χ0) is 13.7. The molecule has 2 N–H and O–H groups in total. The summed E-state index contributed by atoms with van der Waals surface area (Å²) in [7, 11) is 1.64. The van der Waals surface area contributed by atoms with Gasteiger partial charge in [-0.25, -0.2) is 0 Å². The van der Waals surface area contributed by atoms with Gasteiger partial charge in [0.25, 0.3) is 0 Å². The van der Waals surface area contributed by atoms with Crippen LogP contribution in [0.25, 0.3) is 0 Å². The fourth-order valence-electron chi connectivity index (χ4n) is 1.78. The van der Waals surface area contributed by atoms with Crippen LogP contribution in [-0.4, -0.2) is 13.7 Å². The molecule has 0 radical (unpaired) electrons. The molecule has 0 aliphatic heterocycles. The largest absolute Gasteiger partial charge is 0.497 e. The maximum atomic E-state index is 5.90. The van der Waals surface area contributed by atoms with Gasteiger partial charge in [0.15, 0.2) is 0 Å². The second-order valence-corrected chi connectivity index (χ2v) is 4.99. The molecule has 1 unspecified atom stereocenters. The first kappa shape index (κ1) is 13.9. The molecule has 0 aliphatic carbocycles. The Labute approximate surface area is 121 Å². The fraction of sp³-hybridized carbons (Fsp3) is 0.200. The number of benzene rings is 2. The van der Waals surface area contributed by atoms with Gasteiger partial charge in [0.05, 0.1) is 7.11 Å². The molecule has 0 aromatic heterocycles. The van der Waals surface area contributed by atoms with Crippen LogP contribution in [0.5, 0.6) is 11.5 Å². The molecule has 0 heterocycles. The lowest BCUT2D eigenvalue weighted by Crippen LogP contribution is -2.18. The van der Waals surface area contributed by atoms with E-state index in [1.807, 2.05) is 48.5 Å². The smallest absolute Gasteiger partial charge is 0.136 e. The molecule has 0 bridgehead atoms. The Kier molecular flexibility index (Phi) is 4.82. The number of hydrogen-bond acceptors (Lipinski definition) is 3. The van der Waals surface area contributed by atoms with Crippen LogP contribution in [0.15, 0.2) is 53.0 Å². The summed E-state index contributed by atoms with van der Waals surface area (Å²) in [5.41, 5.74) is 6.84. The van der Waals surface area contributed by atoms with Crippen molar-refractivity contribution in [2.24, 2.45) is 5.73 Å². The summed E-state index contributed by atoms with van der Waals surface area (Å²) in [5, 5.41) is 0. The molecule has 2 rings (SSSR count). The normalized spacial score (nSPS) is 11.9. The zero-order valence-electron chi connectivity index (χ0n) is 10.7. The van der Waals surface area contributed by atoms with E-state index < -0.39 is 0 Å². The summed E-state index contributed by atoms with van der Waals surface area (Å²) < 4.78 is 12.0. The van der Waals surface area contributed by atoms with E-state index in [0.29, 0.717) is 6.54 Å². The predicted octanol–water partition coefficient (Wildman–Crippen LogP) is 3.54. The summed E-state index contributed by atoms with van der Waals surface area (Å²) in [4.78, 5) is 0. The van der Waals surface area contributed by atoms with Gasteiger partial charge >= 0.3 is 0 Å². The maximum absolute atomic E-state index is 5.90. The molecule has 1 atom stereocenters.